The van der Waals surface area contributed by atoms with Crippen LogP contribution in [0, 0.1) is 11.6 Å². The van der Waals surface area contributed by atoms with E-state index in [0.717, 1.165) is 22.9 Å². The largest absolute Gasteiger partial charge is 0.481 e. The zero-order valence-electron chi connectivity index (χ0n) is 14.4. The molecule has 8 heteroatoms. The minimum Gasteiger partial charge on any atom is -0.481 e. The van der Waals surface area contributed by atoms with Crippen molar-refractivity contribution in [3.8, 4) is 5.75 Å². The van der Waals surface area contributed by atoms with Gasteiger partial charge < -0.3 is 14.8 Å². The van der Waals surface area contributed by atoms with Gasteiger partial charge in [-0.15, -0.1) is 0 Å². The van der Waals surface area contributed by atoms with Gasteiger partial charge in [0.2, 0.25) is 0 Å². The molecule has 144 valence electrons. The summed E-state index contributed by atoms with van der Waals surface area (Å²) in [4.78, 5) is 23.5. The smallest absolute Gasteiger partial charge is 0.344 e. The molecule has 5 nitrogen and oxygen atoms in total. The summed E-state index contributed by atoms with van der Waals surface area (Å²) in [5.41, 5.74) is -0.216. The Kier molecular flexibility index (Phi) is 6.06. The van der Waals surface area contributed by atoms with Crippen molar-refractivity contribution < 1.29 is 27.8 Å². The predicted molar refractivity (Wildman–Crippen MR) is 100 cm³/mol. The molecule has 0 atom stereocenters. The molecular formula is C20H14ClF2NO4. The van der Waals surface area contributed by atoms with Gasteiger partial charge in [0.15, 0.2) is 13.2 Å². The first-order valence-corrected chi connectivity index (χ1v) is 8.52. The van der Waals surface area contributed by atoms with Crippen molar-refractivity contribution in [2.45, 2.75) is 0 Å². The van der Waals surface area contributed by atoms with Crippen LogP contribution >= 0.6 is 11.6 Å². The number of hydrogen-bond acceptors (Lipinski definition) is 4. The van der Waals surface area contributed by atoms with E-state index < -0.39 is 36.7 Å². The van der Waals surface area contributed by atoms with Crippen molar-refractivity contribution in [3.63, 3.8) is 0 Å². The van der Waals surface area contributed by atoms with Gasteiger partial charge in [-0.2, -0.15) is 0 Å². The molecule has 3 aromatic rings. The van der Waals surface area contributed by atoms with E-state index in [1.807, 2.05) is 18.2 Å². The number of nitrogens with one attached hydrogen (secondary N) is 1. The van der Waals surface area contributed by atoms with Crippen LogP contribution in [0.1, 0.15) is 0 Å². The Bertz CT molecular complexity index is 1040. The number of halogens is 3. The Morgan fingerprint density at radius 2 is 1.71 bits per heavy atom. The molecule has 0 spiro atoms. The molecule has 0 unspecified atom stereocenters. The van der Waals surface area contributed by atoms with Crippen LogP contribution in [-0.2, 0) is 14.3 Å². The highest BCUT2D eigenvalue weighted by Crippen LogP contribution is 2.31. The molecule has 0 aliphatic carbocycles. The average Bonchev–Trinajstić information content (AvgIpc) is 2.68. The maximum atomic E-state index is 13.5. The van der Waals surface area contributed by atoms with Crippen LogP contribution in [-0.4, -0.2) is 25.1 Å². The zero-order chi connectivity index (χ0) is 20.1. The van der Waals surface area contributed by atoms with Gasteiger partial charge in [0, 0.05) is 21.9 Å². The molecule has 0 bridgehead atoms. The van der Waals surface area contributed by atoms with Gasteiger partial charge in [0.25, 0.3) is 5.91 Å². The first-order chi connectivity index (χ1) is 13.4. The third kappa shape index (κ3) is 4.75. The number of carbonyl (C=O) groups excluding carboxylic acids is 2. The minimum atomic E-state index is -0.933. The van der Waals surface area contributed by atoms with Crippen molar-refractivity contribution in [2.75, 3.05) is 18.5 Å². The lowest BCUT2D eigenvalue weighted by Crippen LogP contribution is -2.24. The average molecular weight is 406 g/mol. The van der Waals surface area contributed by atoms with Gasteiger partial charge in [-0.3, -0.25) is 4.79 Å². The summed E-state index contributed by atoms with van der Waals surface area (Å²) < 4.78 is 36.6. The van der Waals surface area contributed by atoms with Crippen LogP contribution in [0.3, 0.4) is 0 Å². The van der Waals surface area contributed by atoms with Crippen molar-refractivity contribution >= 4 is 39.9 Å². The fourth-order valence-corrected chi connectivity index (χ4v) is 2.69. The number of hydrogen-bond donors (Lipinski definition) is 1. The molecule has 1 amide bonds. The first kappa shape index (κ1) is 19.6. The highest BCUT2D eigenvalue weighted by Gasteiger charge is 2.12. The normalized spacial score (nSPS) is 10.5. The third-order valence-electron chi connectivity index (χ3n) is 3.75. The Morgan fingerprint density at radius 3 is 2.46 bits per heavy atom. The van der Waals surface area contributed by atoms with Crippen LogP contribution < -0.4 is 10.1 Å². The number of esters is 1. The lowest BCUT2D eigenvalue weighted by molar-refractivity contribution is -0.149. The molecule has 0 aliphatic rings. The van der Waals surface area contributed by atoms with Gasteiger partial charge in [-0.25, -0.2) is 13.6 Å². The summed E-state index contributed by atoms with van der Waals surface area (Å²) in [5, 5.41) is 4.24. The van der Waals surface area contributed by atoms with E-state index in [1.165, 1.54) is 0 Å². The summed E-state index contributed by atoms with van der Waals surface area (Å²) >= 11 is 6.12. The monoisotopic (exact) mass is 405 g/mol. The lowest BCUT2D eigenvalue weighted by Gasteiger charge is -2.10. The quantitative estimate of drug-likeness (QED) is 0.620. The van der Waals surface area contributed by atoms with Crippen LogP contribution in [0.4, 0.5) is 14.5 Å². The second kappa shape index (κ2) is 8.67. The molecule has 0 radical (unpaired) electrons. The van der Waals surface area contributed by atoms with Gasteiger partial charge >= 0.3 is 5.97 Å². The van der Waals surface area contributed by atoms with Gasteiger partial charge in [-0.1, -0.05) is 35.9 Å². The molecule has 0 fully saturated rings. The van der Waals surface area contributed by atoms with Crippen molar-refractivity contribution in [1.82, 2.24) is 0 Å². The van der Waals surface area contributed by atoms with Gasteiger partial charge in [0.1, 0.15) is 17.4 Å². The third-order valence-corrected chi connectivity index (χ3v) is 4.08. The summed E-state index contributed by atoms with van der Waals surface area (Å²) in [5.74, 6) is -2.81. The first-order valence-electron chi connectivity index (χ1n) is 8.14. The summed E-state index contributed by atoms with van der Waals surface area (Å²) in [6.07, 6.45) is 0. The molecule has 0 saturated carbocycles. The fourth-order valence-electron chi connectivity index (χ4n) is 2.46. The number of benzene rings is 3. The Labute approximate surface area is 163 Å². The molecule has 3 aromatic carbocycles. The van der Waals surface area contributed by atoms with E-state index in [-0.39, 0.29) is 5.69 Å². The molecule has 1 N–H and O–H groups in total. The SMILES string of the molecule is O=C(COC(=O)COc1ccc(Cl)c2ccccc12)Nc1ccc(F)cc1F. The second-order valence-corrected chi connectivity index (χ2v) is 6.12. The van der Waals surface area contributed by atoms with Crippen molar-refractivity contribution in [2.24, 2.45) is 0 Å². The second-order valence-electron chi connectivity index (χ2n) is 5.71. The van der Waals surface area contributed by atoms with Gasteiger partial charge in [0.05, 0.1) is 5.69 Å². The van der Waals surface area contributed by atoms with E-state index in [9.17, 15) is 18.4 Å². The van der Waals surface area contributed by atoms with Crippen LogP contribution in [0.5, 0.6) is 5.75 Å². The zero-order valence-corrected chi connectivity index (χ0v) is 15.1. The standard InChI is InChI=1S/C20H14ClF2NO4/c21-15-6-8-18(14-4-2-1-3-13(14)15)27-11-20(26)28-10-19(25)24-17-7-5-12(22)9-16(17)23/h1-9H,10-11H2,(H,24,25). The topological polar surface area (TPSA) is 64.6 Å². The maximum absolute atomic E-state index is 13.5. The molecule has 3 rings (SSSR count). The van der Waals surface area contributed by atoms with E-state index in [0.29, 0.717) is 16.8 Å². The Morgan fingerprint density at radius 1 is 0.964 bits per heavy atom. The van der Waals surface area contributed by atoms with Crippen LogP contribution in [0.2, 0.25) is 5.02 Å². The maximum Gasteiger partial charge on any atom is 0.344 e. The molecular weight excluding hydrogens is 392 g/mol. The van der Waals surface area contributed by atoms with E-state index in [2.05, 4.69) is 5.32 Å². The summed E-state index contributed by atoms with van der Waals surface area (Å²) in [6.45, 7) is -1.07. The lowest BCUT2D eigenvalue weighted by atomic mass is 10.1. The number of ether oxygens (including phenoxy) is 2. The molecule has 0 saturated heterocycles. The Hall–Kier alpha value is -3.19. The van der Waals surface area contributed by atoms with Crippen molar-refractivity contribution in [3.05, 3.63) is 71.3 Å². The van der Waals surface area contributed by atoms with E-state index in [4.69, 9.17) is 21.1 Å². The highest BCUT2D eigenvalue weighted by molar-refractivity contribution is 6.35. The predicted octanol–water partition coefficient (Wildman–Crippen LogP) is 4.33. The summed E-state index contributed by atoms with van der Waals surface area (Å²) in [7, 11) is 0. The highest BCUT2D eigenvalue weighted by atomic mass is 35.5. The van der Waals surface area contributed by atoms with E-state index >= 15 is 0 Å². The molecule has 0 aromatic heterocycles. The molecule has 0 heterocycles. The fraction of sp³-hybridized carbons (Fsp3) is 0.100. The number of carbonyl (C=O) groups is 2. The number of amides is 1. The van der Waals surface area contributed by atoms with E-state index in [1.54, 1.807) is 18.2 Å². The van der Waals surface area contributed by atoms with Crippen LogP contribution in [0.25, 0.3) is 10.8 Å². The summed E-state index contributed by atoms with van der Waals surface area (Å²) in [6, 6.07) is 13.2. The molecule has 0 aliphatic heterocycles. The van der Waals surface area contributed by atoms with Gasteiger partial charge in [-0.05, 0) is 24.3 Å². The van der Waals surface area contributed by atoms with Crippen molar-refractivity contribution in [1.29, 1.82) is 0 Å². The molecule has 28 heavy (non-hydrogen) atoms. The minimum absolute atomic E-state index is 0.216. The number of anilines is 1. The number of rotatable bonds is 6. The Balaban J connectivity index is 1.52. The van der Waals surface area contributed by atoms with Crippen LogP contribution in [0.15, 0.2) is 54.6 Å². The number of fused-ring (bicyclic) bond motifs is 1.